The lowest BCUT2D eigenvalue weighted by molar-refractivity contribution is -0.115. The van der Waals surface area contributed by atoms with Gasteiger partial charge in [0.15, 0.2) is 4.99 Å². The van der Waals surface area contributed by atoms with Crippen molar-refractivity contribution in [2.24, 2.45) is 0 Å². The van der Waals surface area contributed by atoms with Gasteiger partial charge >= 0.3 is 0 Å². The van der Waals surface area contributed by atoms with Crippen LogP contribution in [0, 0.1) is 0 Å². The van der Waals surface area contributed by atoms with Crippen molar-refractivity contribution in [1.82, 2.24) is 0 Å². The Balaban J connectivity index is 2.64. The van der Waals surface area contributed by atoms with Gasteiger partial charge in [-0.15, -0.1) is 0 Å². The van der Waals surface area contributed by atoms with E-state index in [1.54, 1.807) is 24.3 Å². The zero-order chi connectivity index (χ0) is 10.3. The molecule has 1 heterocycles. The van der Waals surface area contributed by atoms with E-state index in [9.17, 15) is 9.59 Å². The quantitative estimate of drug-likeness (QED) is 0.603. The molecule has 1 aromatic carbocycles. The summed E-state index contributed by atoms with van der Waals surface area (Å²) in [5, 5.41) is 0. The van der Waals surface area contributed by atoms with Crippen molar-refractivity contribution in [3.05, 3.63) is 29.8 Å². The van der Waals surface area contributed by atoms with E-state index in [2.05, 4.69) is 0 Å². The average Bonchev–Trinajstić information content (AvgIpc) is 2.41. The maximum Gasteiger partial charge on any atom is 0.229 e. The van der Waals surface area contributed by atoms with E-state index in [0.717, 1.165) is 0 Å². The lowest BCUT2D eigenvalue weighted by Gasteiger charge is -2.12. The molecule has 0 radical (unpaired) electrons. The second-order valence-electron chi connectivity index (χ2n) is 3.01. The molecule has 70 valence electrons. The Morgan fingerprint density at radius 1 is 1.36 bits per heavy atom. The maximum absolute atomic E-state index is 11.6. The predicted molar refractivity (Wildman–Crippen MR) is 56.5 cm³/mol. The molecule has 1 amide bonds. The van der Waals surface area contributed by atoms with E-state index >= 15 is 0 Å². The van der Waals surface area contributed by atoms with Gasteiger partial charge in [0.1, 0.15) is 0 Å². The smallest absolute Gasteiger partial charge is 0.229 e. The number of thiocarbonyl (C=S) groups is 1. The first-order chi connectivity index (χ1) is 6.63. The van der Waals surface area contributed by atoms with Crippen molar-refractivity contribution in [3.8, 4) is 0 Å². The summed E-state index contributed by atoms with van der Waals surface area (Å²) < 4.78 is 0. The Morgan fingerprint density at radius 3 is 2.64 bits per heavy atom. The van der Waals surface area contributed by atoms with Gasteiger partial charge in [-0.25, -0.2) is 0 Å². The number of fused-ring (bicyclic) bond motifs is 1. The number of benzene rings is 1. The van der Waals surface area contributed by atoms with Crippen LogP contribution < -0.4 is 4.90 Å². The zero-order valence-corrected chi connectivity index (χ0v) is 8.30. The number of hydrogen-bond donors (Lipinski definition) is 0. The second kappa shape index (κ2) is 2.99. The first kappa shape index (κ1) is 9.02. The van der Waals surface area contributed by atoms with Crippen molar-refractivity contribution in [1.29, 1.82) is 0 Å². The molecule has 0 fully saturated rings. The summed E-state index contributed by atoms with van der Waals surface area (Å²) in [6.45, 7) is 1.39. The summed E-state index contributed by atoms with van der Waals surface area (Å²) in [5.74, 6) is -0.473. The Bertz CT molecular complexity index is 453. The number of anilines is 1. The number of rotatable bonds is 0. The van der Waals surface area contributed by atoms with E-state index < -0.39 is 0 Å². The van der Waals surface area contributed by atoms with E-state index in [-0.39, 0.29) is 16.7 Å². The minimum absolute atomic E-state index is 0.0682. The molecule has 1 aliphatic heterocycles. The number of ketones is 1. The average molecular weight is 205 g/mol. The molecule has 14 heavy (non-hydrogen) atoms. The highest BCUT2D eigenvalue weighted by molar-refractivity contribution is 7.82. The van der Waals surface area contributed by atoms with E-state index in [1.807, 2.05) is 0 Å². The fourth-order valence-corrected chi connectivity index (χ4v) is 1.84. The number of hydrogen-bond acceptors (Lipinski definition) is 3. The molecule has 0 aliphatic carbocycles. The zero-order valence-electron chi connectivity index (χ0n) is 7.48. The lowest BCUT2D eigenvalue weighted by Crippen LogP contribution is -2.32. The number of carbonyl (C=O) groups excluding carboxylic acids is 2. The maximum atomic E-state index is 11.6. The highest BCUT2D eigenvalue weighted by Gasteiger charge is 2.34. The lowest BCUT2D eigenvalue weighted by atomic mass is 10.1. The van der Waals surface area contributed by atoms with Crippen molar-refractivity contribution in [2.45, 2.75) is 6.92 Å². The van der Waals surface area contributed by atoms with E-state index in [0.29, 0.717) is 11.3 Å². The van der Waals surface area contributed by atoms with Gasteiger partial charge in [-0.3, -0.25) is 14.5 Å². The molecule has 3 nitrogen and oxygen atoms in total. The third-order valence-electron chi connectivity index (χ3n) is 2.10. The van der Waals surface area contributed by atoms with Crippen LogP contribution >= 0.6 is 12.2 Å². The Morgan fingerprint density at radius 2 is 2.00 bits per heavy atom. The van der Waals surface area contributed by atoms with E-state index in [1.165, 1.54) is 11.8 Å². The summed E-state index contributed by atoms with van der Waals surface area (Å²) in [5.41, 5.74) is 1.10. The highest BCUT2D eigenvalue weighted by atomic mass is 32.1. The summed E-state index contributed by atoms with van der Waals surface area (Å²) in [6.07, 6.45) is 0. The van der Waals surface area contributed by atoms with Crippen LogP contribution in [-0.4, -0.2) is 16.7 Å². The van der Waals surface area contributed by atoms with Crippen LogP contribution in [0.4, 0.5) is 5.69 Å². The van der Waals surface area contributed by atoms with Crippen molar-refractivity contribution >= 4 is 34.6 Å². The van der Waals surface area contributed by atoms with Crippen LogP contribution in [0.1, 0.15) is 17.3 Å². The SMILES string of the molecule is CC(=O)N1C(=S)C(=O)c2ccccc21. The fourth-order valence-electron chi connectivity index (χ4n) is 1.50. The summed E-state index contributed by atoms with van der Waals surface area (Å²) in [6, 6.07) is 6.92. The van der Waals surface area contributed by atoms with Crippen LogP contribution in [0.15, 0.2) is 24.3 Å². The van der Waals surface area contributed by atoms with Gasteiger partial charge in [0.25, 0.3) is 0 Å². The first-order valence-corrected chi connectivity index (χ1v) is 4.52. The third-order valence-corrected chi connectivity index (χ3v) is 2.47. The Hall–Kier alpha value is -1.55. The monoisotopic (exact) mass is 205 g/mol. The molecule has 0 saturated carbocycles. The molecule has 0 atom stereocenters. The molecule has 0 bridgehead atoms. The number of amides is 1. The number of Topliss-reactive ketones (excluding diaryl/α,β-unsaturated/α-hetero) is 1. The van der Waals surface area contributed by atoms with Crippen LogP contribution in [0.5, 0.6) is 0 Å². The molecule has 0 saturated heterocycles. The normalized spacial score (nSPS) is 14.5. The van der Waals surface area contributed by atoms with Crippen LogP contribution in [0.3, 0.4) is 0 Å². The first-order valence-electron chi connectivity index (χ1n) is 4.11. The number of carbonyl (C=O) groups is 2. The van der Waals surface area contributed by atoms with Crippen LogP contribution in [0.25, 0.3) is 0 Å². The van der Waals surface area contributed by atoms with E-state index in [4.69, 9.17) is 12.2 Å². The molecule has 1 aromatic rings. The molecule has 4 heteroatoms. The topological polar surface area (TPSA) is 37.4 Å². The summed E-state index contributed by atoms with van der Waals surface area (Å²) >= 11 is 4.90. The van der Waals surface area contributed by atoms with Gasteiger partial charge in [0, 0.05) is 12.5 Å². The standard InChI is InChI=1S/C10H7NO2S/c1-6(12)11-8-5-3-2-4-7(8)9(13)10(11)14/h2-5H,1H3. The fraction of sp³-hybridized carbons (Fsp3) is 0.100. The number of para-hydroxylation sites is 1. The van der Waals surface area contributed by atoms with Crippen molar-refractivity contribution in [2.75, 3.05) is 4.90 Å². The molecular weight excluding hydrogens is 198 g/mol. The minimum Gasteiger partial charge on any atom is -0.286 e. The highest BCUT2D eigenvalue weighted by Crippen LogP contribution is 2.29. The van der Waals surface area contributed by atoms with Gasteiger partial charge in [-0.2, -0.15) is 0 Å². The van der Waals surface area contributed by atoms with Crippen molar-refractivity contribution < 1.29 is 9.59 Å². The van der Waals surface area contributed by atoms with Crippen LogP contribution in [-0.2, 0) is 4.79 Å². The summed E-state index contributed by atoms with van der Waals surface area (Å²) in [4.78, 5) is 24.2. The molecule has 2 rings (SSSR count). The van der Waals surface area contributed by atoms with Gasteiger partial charge < -0.3 is 0 Å². The second-order valence-corrected chi connectivity index (χ2v) is 3.39. The van der Waals surface area contributed by atoms with Gasteiger partial charge in [-0.05, 0) is 12.1 Å². The molecule has 0 N–H and O–H groups in total. The predicted octanol–water partition coefficient (Wildman–Crippen LogP) is 1.56. The number of nitrogens with zero attached hydrogens (tertiary/aromatic N) is 1. The molecule has 0 aromatic heterocycles. The van der Waals surface area contributed by atoms with Gasteiger partial charge in [-0.1, -0.05) is 24.4 Å². The van der Waals surface area contributed by atoms with Gasteiger partial charge in [0.05, 0.1) is 5.69 Å². The van der Waals surface area contributed by atoms with Crippen LogP contribution in [0.2, 0.25) is 0 Å². The van der Waals surface area contributed by atoms with Crippen molar-refractivity contribution in [3.63, 3.8) is 0 Å². The molecular formula is C10H7NO2S. The minimum atomic E-state index is -0.245. The van der Waals surface area contributed by atoms with Gasteiger partial charge in [0.2, 0.25) is 11.7 Å². The Labute approximate surface area is 86.3 Å². The molecule has 1 aliphatic rings. The third kappa shape index (κ3) is 1.08. The molecule has 0 spiro atoms. The summed E-state index contributed by atoms with van der Waals surface area (Å²) in [7, 11) is 0. The largest absolute Gasteiger partial charge is 0.286 e. The molecule has 0 unspecified atom stereocenters. The Kier molecular flexibility index (Phi) is 1.93.